The van der Waals surface area contributed by atoms with Crippen LogP contribution in [0.2, 0.25) is 0 Å². The second kappa shape index (κ2) is 6.90. The van der Waals surface area contributed by atoms with Gasteiger partial charge in [0.1, 0.15) is 6.61 Å². The topological polar surface area (TPSA) is 38.3 Å². The van der Waals surface area contributed by atoms with Crippen LogP contribution < -0.4 is 5.32 Å². The highest BCUT2D eigenvalue weighted by Crippen LogP contribution is 2.22. The molecule has 4 heteroatoms. The van der Waals surface area contributed by atoms with Gasteiger partial charge in [-0.3, -0.25) is 4.79 Å². The molecule has 0 saturated heterocycles. The van der Waals surface area contributed by atoms with Crippen molar-refractivity contribution in [2.45, 2.75) is 32.4 Å². The summed E-state index contributed by atoms with van der Waals surface area (Å²) in [6.07, 6.45) is 0.0581. The number of hydrogen-bond donors (Lipinski definition) is 1. The molecule has 1 atom stereocenters. The summed E-state index contributed by atoms with van der Waals surface area (Å²) in [7, 11) is 0. The lowest BCUT2D eigenvalue weighted by molar-refractivity contribution is -0.128. The van der Waals surface area contributed by atoms with Gasteiger partial charge in [-0.25, -0.2) is 0 Å². The number of halogens is 1. The third-order valence-electron chi connectivity index (χ3n) is 2.64. The van der Waals surface area contributed by atoms with Crippen molar-refractivity contribution in [1.29, 1.82) is 0 Å². The van der Waals surface area contributed by atoms with Crippen molar-refractivity contribution in [3.8, 4) is 0 Å². The quantitative estimate of drug-likeness (QED) is 0.820. The van der Waals surface area contributed by atoms with Crippen LogP contribution in [-0.4, -0.2) is 23.9 Å². The summed E-state index contributed by atoms with van der Waals surface area (Å²) in [4.78, 5) is 11.8. The molecule has 1 amide bonds. The fraction of sp³-hybridized carbons (Fsp3) is 0.500. The van der Waals surface area contributed by atoms with E-state index in [0.29, 0.717) is 5.33 Å². The van der Waals surface area contributed by atoms with E-state index in [9.17, 15) is 4.79 Å². The maximum absolute atomic E-state index is 11.8. The van der Waals surface area contributed by atoms with Gasteiger partial charge in [0.2, 0.25) is 5.91 Å². The zero-order valence-electron chi connectivity index (χ0n) is 11.1. The van der Waals surface area contributed by atoms with Gasteiger partial charge < -0.3 is 10.1 Å². The Morgan fingerprint density at radius 2 is 2.00 bits per heavy atom. The SMILES string of the molecule is CC(C)OCC(=O)NC(C)(CBr)c1ccccc1. The highest BCUT2D eigenvalue weighted by atomic mass is 79.9. The van der Waals surface area contributed by atoms with E-state index in [4.69, 9.17) is 4.74 Å². The zero-order valence-corrected chi connectivity index (χ0v) is 12.7. The third-order valence-corrected chi connectivity index (χ3v) is 3.76. The van der Waals surface area contributed by atoms with Gasteiger partial charge in [-0.15, -0.1) is 0 Å². The Labute approximate surface area is 117 Å². The van der Waals surface area contributed by atoms with Crippen molar-refractivity contribution in [3.63, 3.8) is 0 Å². The number of nitrogens with one attached hydrogen (secondary N) is 1. The number of hydrogen-bond acceptors (Lipinski definition) is 2. The Kier molecular flexibility index (Phi) is 5.82. The van der Waals surface area contributed by atoms with Gasteiger partial charge >= 0.3 is 0 Å². The predicted molar refractivity (Wildman–Crippen MR) is 76.8 cm³/mol. The summed E-state index contributed by atoms with van der Waals surface area (Å²) >= 11 is 3.46. The third kappa shape index (κ3) is 4.42. The van der Waals surface area contributed by atoms with E-state index in [1.807, 2.05) is 51.1 Å². The maximum Gasteiger partial charge on any atom is 0.246 e. The zero-order chi connectivity index (χ0) is 13.6. The van der Waals surface area contributed by atoms with Gasteiger partial charge in [0, 0.05) is 5.33 Å². The molecular weight excluding hydrogens is 294 g/mol. The van der Waals surface area contributed by atoms with E-state index in [-0.39, 0.29) is 18.6 Å². The average Bonchev–Trinajstić information content (AvgIpc) is 2.37. The molecule has 0 radical (unpaired) electrons. The molecule has 1 unspecified atom stereocenters. The van der Waals surface area contributed by atoms with Crippen molar-refractivity contribution < 1.29 is 9.53 Å². The molecule has 1 N–H and O–H groups in total. The molecular formula is C14H20BrNO2. The van der Waals surface area contributed by atoms with Crippen LogP contribution in [0, 0.1) is 0 Å². The van der Waals surface area contributed by atoms with Crippen molar-refractivity contribution in [1.82, 2.24) is 5.32 Å². The van der Waals surface area contributed by atoms with E-state index in [1.54, 1.807) is 0 Å². The first-order valence-corrected chi connectivity index (χ1v) is 7.14. The average molecular weight is 314 g/mol. The maximum atomic E-state index is 11.8. The van der Waals surface area contributed by atoms with Crippen LogP contribution in [-0.2, 0) is 15.1 Å². The van der Waals surface area contributed by atoms with Crippen molar-refractivity contribution in [2.75, 3.05) is 11.9 Å². The molecule has 1 aromatic rings. The molecule has 0 fully saturated rings. The Balaban J connectivity index is 2.69. The summed E-state index contributed by atoms with van der Waals surface area (Å²) in [5.74, 6) is -0.102. The second-order valence-corrected chi connectivity index (χ2v) is 5.30. The predicted octanol–water partition coefficient (Wildman–Crippen LogP) is 2.84. The lowest BCUT2D eigenvalue weighted by Gasteiger charge is -2.29. The van der Waals surface area contributed by atoms with Crippen LogP contribution >= 0.6 is 15.9 Å². The summed E-state index contributed by atoms with van der Waals surface area (Å²) in [6, 6.07) is 9.90. The highest BCUT2D eigenvalue weighted by Gasteiger charge is 2.27. The molecule has 1 aromatic carbocycles. The number of carbonyl (C=O) groups excluding carboxylic acids is 1. The molecule has 3 nitrogen and oxygen atoms in total. The lowest BCUT2D eigenvalue weighted by atomic mass is 9.94. The molecule has 0 spiro atoms. The van der Waals surface area contributed by atoms with Gasteiger partial charge in [0.15, 0.2) is 0 Å². The van der Waals surface area contributed by atoms with Crippen molar-refractivity contribution >= 4 is 21.8 Å². The normalized spacial score (nSPS) is 14.3. The largest absolute Gasteiger partial charge is 0.369 e. The van der Waals surface area contributed by atoms with E-state index >= 15 is 0 Å². The summed E-state index contributed by atoms with van der Waals surface area (Å²) in [5.41, 5.74) is 0.651. The molecule has 18 heavy (non-hydrogen) atoms. The van der Waals surface area contributed by atoms with Crippen LogP contribution in [0.1, 0.15) is 26.3 Å². The summed E-state index contributed by atoms with van der Waals surface area (Å²) < 4.78 is 5.30. The van der Waals surface area contributed by atoms with Gasteiger partial charge in [-0.2, -0.15) is 0 Å². The van der Waals surface area contributed by atoms with Gasteiger partial charge in [-0.05, 0) is 26.3 Å². The van der Waals surface area contributed by atoms with E-state index < -0.39 is 5.54 Å². The lowest BCUT2D eigenvalue weighted by Crippen LogP contribution is -2.46. The Hall–Kier alpha value is -0.870. The fourth-order valence-electron chi connectivity index (χ4n) is 1.57. The number of carbonyl (C=O) groups is 1. The minimum Gasteiger partial charge on any atom is -0.369 e. The summed E-state index contributed by atoms with van der Waals surface area (Å²) in [5, 5.41) is 3.65. The number of rotatable bonds is 6. The molecule has 0 aliphatic rings. The van der Waals surface area contributed by atoms with Crippen molar-refractivity contribution in [2.24, 2.45) is 0 Å². The molecule has 0 heterocycles. The second-order valence-electron chi connectivity index (χ2n) is 4.74. The number of ether oxygens (including phenoxy) is 1. The Morgan fingerprint density at radius 1 is 1.39 bits per heavy atom. The standard InChI is InChI=1S/C14H20BrNO2/c1-11(2)18-9-13(17)16-14(3,10-15)12-7-5-4-6-8-12/h4-8,11H,9-10H2,1-3H3,(H,16,17). The number of amides is 1. The molecule has 0 aromatic heterocycles. The molecule has 100 valence electrons. The first-order valence-electron chi connectivity index (χ1n) is 6.02. The van der Waals surface area contributed by atoms with Gasteiger partial charge in [0.25, 0.3) is 0 Å². The van der Waals surface area contributed by atoms with E-state index in [0.717, 1.165) is 5.56 Å². The molecule has 0 bridgehead atoms. The first kappa shape index (κ1) is 15.2. The van der Waals surface area contributed by atoms with Crippen molar-refractivity contribution in [3.05, 3.63) is 35.9 Å². The van der Waals surface area contributed by atoms with Crippen LogP contribution in [0.15, 0.2) is 30.3 Å². The molecule has 0 saturated carbocycles. The van der Waals surface area contributed by atoms with Crippen LogP contribution in [0.4, 0.5) is 0 Å². The molecule has 1 rings (SSSR count). The summed E-state index contributed by atoms with van der Waals surface area (Å²) in [6.45, 7) is 5.90. The Morgan fingerprint density at radius 3 is 2.50 bits per heavy atom. The smallest absolute Gasteiger partial charge is 0.246 e. The van der Waals surface area contributed by atoms with Crippen LogP contribution in [0.5, 0.6) is 0 Å². The fourth-order valence-corrected chi connectivity index (χ4v) is 2.04. The van der Waals surface area contributed by atoms with Gasteiger partial charge in [-0.1, -0.05) is 46.3 Å². The van der Waals surface area contributed by atoms with Gasteiger partial charge in [0.05, 0.1) is 11.6 Å². The minimum absolute atomic E-state index is 0.0581. The van der Waals surface area contributed by atoms with E-state index in [2.05, 4.69) is 21.2 Å². The number of benzene rings is 1. The molecule has 0 aliphatic heterocycles. The monoisotopic (exact) mass is 313 g/mol. The highest BCUT2D eigenvalue weighted by molar-refractivity contribution is 9.09. The minimum atomic E-state index is -0.418. The number of alkyl halides is 1. The van der Waals surface area contributed by atoms with Crippen LogP contribution in [0.25, 0.3) is 0 Å². The molecule has 0 aliphatic carbocycles. The Bertz CT molecular complexity index is 381. The van der Waals surface area contributed by atoms with E-state index in [1.165, 1.54) is 0 Å². The van der Waals surface area contributed by atoms with Crippen LogP contribution in [0.3, 0.4) is 0 Å². The first-order chi connectivity index (χ1) is 8.48.